The summed E-state index contributed by atoms with van der Waals surface area (Å²) < 4.78 is 13.1. The summed E-state index contributed by atoms with van der Waals surface area (Å²) in [6, 6.07) is 9.16. The van der Waals surface area contributed by atoms with E-state index in [0.29, 0.717) is 12.8 Å². The van der Waals surface area contributed by atoms with Crippen LogP contribution in [-0.2, 0) is 25.3 Å². The van der Waals surface area contributed by atoms with E-state index in [4.69, 9.17) is 9.26 Å². The minimum atomic E-state index is -2.23. The number of benzene rings is 1. The van der Waals surface area contributed by atoms with Crippen LogP contribution in [0.25, 0.3) is 11.2 Å². The van der Waals surface area contributed by atoms with E-state index in [0.717, 1.165) is 5.56 Å². The first-order chi connectivity index (χ1) is 16.3. The van der Waals surface area contributed by atoms with E-state index in [2.05, 4.69) is 20.3 Å². The van der Waals surface area contributed by atoms with Gasteiger partial charge in [-0.15, -0.1) is 0 Å². The molecule has 180 valence electrons. The van der Waals surface area contributed by atoms with Crippen LogP contribution in [0.4, 0.5) is 5.95 Å². The lowest BCUT2D eigenvalue weighted by Crippen LogP contribution is -2.22. The van der Waals surface area contributed by atoms with Gasteiger partial charge in [0.2, 0.25) is 25.8 Å². The van der Waals surface area contributed by atoms with E-state index in [1.54, 1.807) is 18.4 Å². The third kappa shape index (κ3) is 5.56. The lowest BCUT2D eigenvalue weighted by Gasteiger charge is -2.17. The van der Waals surface area contributed by atoms with Crippen LogP contribution in [0.1, 0.15) is 38.5 Å². The molecule has 34 heavy (non-hydrogen) atoms. The number of imidazole rings is 1. The van der Waals surface area contributed by atoms with Crippen molar-refractivity contribution in [2.45, 2.75) is 45.4 Å². The first-order valence-corrected chi connectivity index (χ1v) is 12.1. The van der Waals surface area contributed by atoms with Gasteiger partial charge in [-0.25, -0.2) is 4.98 Å². The Kier molecular flexibility index (Phi) is 7.47. The van der Waals surface area contributed by atoms with Crippen LogP contribution >= 0.6 is 8.38 Å². The predicted molar refractivity (Wildman–Crippen MR) is 125 cm³/mol. The number of carbonyl (C=O) groups is 2. The Bertz CT molecular complexity index is 1230. The van der Waals surface area contributed by atoms with Gasteiger partial charge in [0.05, 0.1) is 19.0 Å². The molecule has 3 unspecified atom stereocenters. The van der Waals surface area contributed by atoms with E-state index >= 15 is 0 Å². The molecular weight excluding hydrogens is 461 g/mol. The summed E-state index contributed by atoms with van der Waals surface area (Å²) in [4.78, 5) is 57.7. The molecule has 1 fully saturated rings. The largest absolute Gasteiger partial charge is 0.352 e. The fourth-order valence-corrected chi connectivity index (χ4v) is 4.30. The predicted octanol–water partition coefficient (Wildman–Crippen LogP) is 2.48. The number of amides is 1. The number of hydrogen-bond donors (Lipinski definition) is 3. The molecular formula is C22H26N5O6P. The molecule has 1 aliphatic rings. The van der Waals surface area contributed by atoms with Crippen LogP contribution in [-0.4, -0.2) is 48.6 Å². The second kappa shape index (κ2) is 10.5. The summed E-state index contributed by atoms with van der Waals surface area (Å²) in [5.41, 5.74) is 0.403. The molecule has 3 N–H and O–H groups in total. The van der Waals surface area contributed by atoms with Crippen molar-refractivity contribution in [3.05, 3.63) is 52.6 Å². The van der Waals surface area contributed by atoms with Gasteiger partial charge in [0.15, 0.2) is 11.2 Å². The Balaban J connectivity index is 1.37. The molecule has 2 aromatic heterocycles. The minimum absolute atomic E-state index is 0.0404. The smallest absolute Gasteiger partial charge is 0.280 e. The number of anilines is 1. The van der Waals surface area contributed by atoms with Gasteiger partial charge in [-0.3, -0.25) is 29.3 Å². The van der Waals surface area contributed by atoms with Crippen LogP contribution < -0.4 is 10.9 Å². The maximum atomic E-state index is 12.4. The number of nitrogens with zero attached hydrogens (tertiary/aromatic N) is 3. The molecule has 3 atom stereocenters. The average molecular weight is 487 g/mol. The molecule has 3 aromatic rings. The summed E-state index contributed by atoms with van der Waals surface area (Å²) in [5.74, 6) is -0.509. The maximum absolute atomic E-state index is 12.4. The van der Waals surface area contributed by atoms with Crippen molar-refractivity contribution in [1.29, 1.82) is 0 Å². The number of fused-ring (bicyclic) bond motifs is 1. The average Bonchev–Trinajstić information content (AvgIpc) is 3.45. The molecule has 1 amide bonds. The lowest BCUT2D eigenvalue weighted by atomic mass is 10.2. The summed E-state index contributed by atoms with van der Waals surface area (Å²) in [5, 5.41) is 2.59. The third-order valence-electron chi connectivity index (χ3n) is 5.39. The Labute approximate surface area is 196 Å². The highest BCUT2D eigenvalue weighted by Gasteiger charge is 2.30. The van der Waals surface area contributed by atoms with Gasteiger partial charge < -0.3 is 14.2 Å². The first-order valence-electron chi connectivity index (χ1n) is 10.9. The van der Waals surface area contributed by atoms with Crippen molar-refractivity contribution >= 4 is 36.9 Å². The molecule has 1 aromatic carbocycles. The van der Waals surface area contributed by atoms with E-state index in [-0.39, 0.29) is 53.6 Å². The van der Waals surface area contributed by atoms with Gasteiger partial charge in [-0.05, 0) is 18.4 Å². The van der Waals surface area contributed by atoms with Crippen LogP contribution in [0.3, 0.4) is 0 Å². The zero-order chi connectivity index (χ0) is 24.2. The second-order valence-electron chi connectivity index (χ2n) is 8.30. The highest BCUT2D eigenvalue weighted by molar-refractivity contribution is 7.65. The monoisotopic (exact) mass is 487 g/mol. The van der Waals surface area contributed by atoms with Gasteiger partial charge in [0, 0.05) is 12.3 Å². The topological polar surface area (TPSA) is 148 Å². The normalized spacial score (nSPS) is 18.9. The number of aromatic nitrogens is 4. The Morgan fingerprint density at radius 3 is 2.82 bits per heavy atom. The molecule has 0 aliphatic carbocycles. The van der Waals surface area contributed by atoms with Crippen molar-refractivity contribution in [1.82, 2.24) is 19.5 Å². The Morgan fingerprint density at radius 2 is 2.09 bits per heavy atom. The lowest BCUT2D eigenvalue weighted by molar-refractivity contribution is -0.119. The third-order valence-corrected chi connectivity index (χ3v) is 6.37. The fraction of sp³-hybridized carbons (Fsp3) is 0.409. The summed E-state index contributed by atoms with van der Waals surface area (Å²) in [6.07, 6.45) is 2.01. The zero-order valence-corrected chi connectivity index (χ0v) is 19.7. The van der Waals surface area contributed by atoms with E-state index in [1.807, 2.05) is 30.3 Å². The minimum Gasteiger partial charge on any atom is -0.352 e. The first kappa shape index (κ1) is 24.2. The molecule has 12 heteroatoms. The molecule has 0 bridgehead atoms. The Hall–Kier alpha value is -2.98. The summed E-state index contributed by atoms with van der Waals surface area (Å²) in [7, 11) is -2.23. The molecule has 1 saturated heterocycles. The van der Waals surface area contributed by atoms with E-state index in [1.165, 1.54) is 6.33 Å². The van der Waals surface area contributed by atoms with Crippen LogP contribution in [0.2, 0.25) is 0 Å². The molecule has 0 saturated carbocycles. The zero-order valence-electron chi connectivity index (χ0n) is 18.8. The second-order valence-corrected chi connectivity index (χ2v) is 9.60. The fourth-order valence-electron chi connectivity index (χ4n) is 3.53. The number of nitrogens with one attached hydrogen (secondary N) is 2. The summed E-state index contributed by atoms with van der Waals surface area (Å²) in [6.45, 7) is 3.53. The number of aromatic amines is 1. The van der Waals surface area contributed by atoms with Gasteiger partial charge in [-0.1, -0.05) is 44.2 Å². The van der Waals surface area contributed by atoms with Crippen molar-refractivity contribution < 1.29 is 23.7 Å². The number of carbonyl (C=O) groups excluding carboxylic acids is 2. The molecule has 3 heterocycles. The van der Waals surface area contributed by atoms with Crippen LogP contribution in [0.5, 0.6) is 0 Å². The molecule has 0 radical (unpaired) electrons. The molecule has 11 nitrogen and oxygen atoms in total. The molecule has 1 aliphatic heterocycles. The van der Waals surface area contributed by atoms with Crippen molar-refractivity contribution in [2.24, 2.45) is 5.92 Å². The van der Waals surface area contributed by atoms with Crippen LogP contribution in [0, 0.1) is 5.92 Å². The number of ether oxygens (including phenoxy) is 1. The number of hydrogen-bond acceptors (Lipinski definition) is 8. The highest BCUT2D eigenvalue weighted by Crippen LogP contribution is 2.37. The van der Waals surface area contributed by atoms with E-state index in [9.17, 15) is 19.3 Å². The van der Waals surface area contributed by atoms with Gasteiger partial charge in [0.25, 0.3) is 5.56 Å². The number of H-pyrrole nitrogens is 1. The van der Waals surface area contributed by atoms with Crippen LogP contribution in [0.15, 0.2) is 41.5 Å². The Morgan fingerprint density at radius 1 is 1.32 bits per heavy atom. The summed E-state index contributed by atoms with van der Waals surface area (Å²) >= 11 is 0. The van der Waals surface area contributed by atoms with Gasteiger partial charge >= 0.3 is 0 Å². The van der Waals surface area contributed by atoms with Crippen molar-refractivity contribution in [3.8, 4) is 0 Å². The van der Waals surface area contributed by atoms with Gasteiger partial charge in [-0.2, -0.15) is 4.98 Å². The van der Waals surface area contributed by atoms with Crippen molar-refractivity contribution in [2.75, 3.05) is 11.9 Å². The van der Waals surface area contributed by atoms with E-state index < -0.39 is 20.2 Å². The number of rotatable bonds is 9. The SMILES string of the molecule is CC(C)C(=O)Nc1nc2c(ncn2C2CCC(COP(O)C(=O)Cc3ccccc3)O2)c(=O)[nH]1. The van der Waals surface area contributed by atoms with Crippen molar-refractivity contribution in [3.63, 3.8) is 0 Å². The highest BCUT2D eigenvalue weighted by atomic mass is 31.2. The molecule has 4 rings (SSSR count). The molecule has 0 spiro atoms. The standard InChI is InChI=1S/C22H26N5O6P/c1-13(2)20(29)25-22-24-19-18(21(30)26-22)23-12-27(19)16-9-8-15(33-16)11-32-34(31)17(28)10-14-6-4-3-5-7-14/h3-7,12-13,15-16,31H,8-11H2,1-2H3,(H2,24,25,26,29,30). The quantitative estimate of drug-likeness (QED) is 0.390. The van der Waals surface area contributed by atoms with Gasteiger partial charge in [0.1, 0.15) is 6.23 Å². The maximum Gasteiger partial charge on any atom is 0.280 e.